The molecule has 5 rings (SSSR count). The number of furan rings is 1. The standard InChI is InChI=1S/C18H14Cl2O7.C8H7N3O5/c1-5-9-16(11(20)13(22)10(5)19)26-14-6(2)8(17(23)25-4)12(21)7(3)15(14)27-18(9)24;12-8-10(3-4-15-8)9-5-6-1-2-7(16-6)11(13)14/h21-22H,1-4H3;1-2,5H,3-4H2. The smallest absolute Gasteiger partial charge is 0.433 e. The molecule has 2 aliphatic rings. The maximum Gasteiger partial charge on any atom is 0.433 e. The number of rotatable bonds is 4. The van der Waals surface area contributed by atoms with E-state index in [-0.39, 0.29) is 73.4 Å². The van der Waals surface area contributed by atoms with Crippen LogP contribution in [0.2, 0.25) is 10.0 Å². The molecular formula is C26H21Cl2N3O12. The third kappa shape index (κ3) is 5.72. The van der Waals surface area contributed by atoms with Gasteiger partial charge in [0.25, 0.3) is 0 Å². The number of cyclic esters (lactones) is 1. The van der Waals surface area contributed by atoms with Crippen LogP contribution < -0.4 is 9.47 Å². The van der Waals surface area contributed by atoms with E-state index in [1.807, 2.05) is 0 Å². The summed E-state index contributed by atoms with van der Waals surface area (Å²) in [6, 6.07) is 2.60. The Kier molecular flexibility index (Phi) is 8.68. The number of carbonyl (C=O) groups is 3. The van der Waals surface area contributed by atoms with E-state index in [0.29, 0.717) is 6.54 Å². The largest absolute Gasteiger partial charge is 0.507 e. The van der Waals surface area contributed by atoms with E-state index in [1.165, 1.54) is 46.2 Å². The van der Waals surface area contributed by atoms with Crippen LogP contribution in [0.1, 0.15) is 43.2 Å². The Bertz CT molecular complexity index is 1720. The first-order chi connectivity index (χ1) is 20.3. The lowest BCUT2D eigenvalue weighted by atomic mass is 10.0. The fourth-order valence-electron chi connectivity index (χ4n) is 4.01. The van der Waals surface area contributed by atoms with E-state index in [1.54, 1.807) is 0 Å². The van der Waals surface area contributed by atoms with Gasteiger partial charge in [0.1, 0.15) is 33.4 Å². The summed E-state index contributed by atoms with van der Waals surface area (Å²) in [5, 5.41) is 35.3. The molecule has 3 aromatic rings. The van der Waals surface area contributed by atoms with Crippen LogP contribution in [0, 0.1) is 30.9 Å². The molecule has 2 aliphatic heterocycles. The van der Waals surface area contributed by atoms with Crippen LogP contribution in [0.25, 0.3) is 0 Å². The second kappa shape index (κ2) is 12.1. The number of phenols is 2. The van der Waals surface area contributed by atoms with Gasteiger partial charge in [0.15, 0.2) is 28.8 Å². The molecule has 0 bridgehead atoms. The molecule has 0 radical (unpaired) electrons. The van der Waals surface area contributed by atoms with Gasteiger partial charge in [-0.2, -0.15) is 10.1 Å². The van der Waals surface area contributed by atoms with Crippen molar-refractivity contribution in [3.63, 3.8) is 0 Å². The minimum absolute atomic E-state index is 0.0131. The maximum absolute atomic E-state index is 12.7. The summed E-state index contributed by atoms with van der Waals surface area (Å²) in [5.41, 5.74) is 0.264. The molecule has 0 atom stereocenters. The molecule has 1 aromatic heterocycles. The zero-order valence-electron chi connectivity index (χ0n) is 22.7. The fraction of sp³-hybridized carbons (Fsp3) is 0.231. The number of halogens is 2. The third-order valence-electron chi connectivity index (χ3n) is 6.25. The maximum atomic E-state index is 12.7. The number of benzene rings is 2. The van der Waals surface area contributed by atoms with E-state index in [9.17, 15) is 34.7 Å². The van der Waals surface area contributed by atoms with Crippen LogP contribution in [0.15, 0.2) is 21.7 Å². The number of amides is 1. The number of nitro groups is 1. The average molecular weight is 638 g/mol. The third-order valence-corrected chi connectivity index (χ3v) is 7.06. The number of hydrazone groups is 1. The number of carbonyl (C=O) groups excluding carboxylic acids is 3. The summed E-state index contributed by atoms with van der Waals surface area (Å²) >= 11 is 12.2. The molecule has 3 heterocycles. The van der Waals surface area contributed by atoms with Crippen LogP contribution in [-0.2, 0) is 9.47 Å². The first-order valence-corrected chi connectivity index (χ1v) is 12.8. The average Bonchev–Trinajstić information content (AvgIpc) is 3.59. The van der Waals surface area contributed by atoms with Gasteiger partial charge in [0.2, 0.25) is 0 Å². The van der Waals surface area contributed by atoms with Crippen molar-refractivity contribution in [3.8, 4) is 28.7 Å². The molecular weight excluding hydrogens is 617 g/mol. The summed E-state index contributed by atoms with van der Waals surface area (Å²) in [6.45, 7) is 5.08. The van der Waals surface area contributed by atoms with E-state index in [0.717, 1.165) is 5.01 Å². The van der Waals surface area contributed by atoms with Gasteiger partial charge in [-0.3, -0.25) is 10.1 Å². The van der Waals surface area contributed by atoms with Gasteiger partial charge in [0.05, 0.1) is 31.0 Å². The van der Waals surface area contributed by atoms with Crippen molar-refractivity contribution in [3.05, 3.63) is 65.9 Å². The van der Waals surface area contributed by atoms with Crippen molar-refractivity contribution in [1.82, 2.24) is 5.01 Å². The van der Waals surface area contributed by atoms with Crippen molar-refractivity contribution < 1.29 is 52.9 Å². The molecule has 15 nitrogen and oxygen atoms in total. The Hall–Kier alpha value is -5.02. The Morgan fingerprint density at radius 2 is 1.72 bits per heavy atom. The molecule has 1 saturated heterocycles. The van der Waals surface area contributed by atoms with Crippen LogP contribution in [0.5, 0.6) is 28.7 Å². The number of hydrogen-bond donors (Lipinski definition) is 2. The fourth-order valence-corrected chi connectivity index (χ4v) is 4.47. The lowest BCUT2D eigenvalue weighted by Gasteiger charge is -2.17. The molecule has 226 valence electrons. The summed E-state index contributed by atoms with van der Waals surface area (Å²) in [5.74, 6) is -2.91. The van der Waals surface area contributed by atoms with Crippen molar-refractivity contribution in [2.24, 2.45) is 5.10 Å². The number of fused-ring (bicyclic) bond motifs is 2. The van der Waals surface area contributed by atoms with Gasteiger partial charge in [-0.05, 0) is 32.4 Å². The molecule has 43 heavy (non-hydrogen) atoms. The highest BCUT2D eigenvalue weighted by Gasteiger charge is 2.35. The first-order valence-electron chi connectivity index (χ1n) is 12.1. The number of hydrogen-bond acceptors (Lipinski definition) is 13. The zero-order chi connectivity index (χ0) is 31.7. The molecule has 2 N–H and O–H groups in total. The molecule has 2 aromatic carbocycles. The van der Waals surface area contributed by atoms with Gasteiger partial charge >= 0.3 is 23.9 Å². The highest BCUT2D eigenvalue weighted by Crippen LogP contribution is 2.52. The van der Waals surface area contributed by atoms with Crippen molar-refractivity contribution in [2.45, 2.75) is 20.8 Å². The van der Waals surface area contributed by atoms with Crippen LogP contribution >= 0.6 is 23.2 Å². The van der Waals surface area contributed by atoms with Gasteiger partial charge in [-0.1, -0.05) is 23.2 Å². The Labute approximate surface area is 251 Å². The summed E-state index contributed by atoms with van der Waals surface area (Å²) in [6.07, 6.45) is 0.678. The number of esters is 2. The van der Waals surface area contributed by atoms with Crippen molar-refractivity contribution in [1.29, 1.82) is 0 Å². The molecule has 0 saturated carbocycles. The summed E-state index contributed by atoms with van der Waals surface area (Å²) < 4.78 is 25.3. The van der Waals surface area contributed by atoms with Gasteiger partial charge in [-0.15, -0.1) is 0 Å². The predicted molar refractivity (Wildman–Crippen MR) is 148 cm³/mol. The van der Waals surface area contributed by atoms with Gasteiger partial charge in [0, 0.05) is 11.1 Å². The first kappa shape index (κ1) is 30.9. The van der Waals surface area contributed by atoms with E-state index in [2.05, 4.69) is 9.84 Å². The molecule has 1 fully saturated rings. The SMILES string of the molecule is COC(=O)c1c(C)c2c(c(C)c1O)OC(=O)c1c(C)c(Cl)c(O)c(Cl)c1O2.O=C1OCCN1N=Cc1ccc([N+](=O)[O-])o1. The lowest BCUT2D eigenvalue weighted by Crippen LogP contribution is -2.17. The zero-order valence-corrected chi connectivity index (χ0v) is 24.2. The monoisotopic (exact) mass is 637 g/mol. The quantitative estimate of drug-likeness (QED) is 0.121. The number of nitrogens with zero attached hydrogens (tertiary/aromatic N) is 3. The van der Waals surface area contributed by atoms with Crippen molar-refractivity contribution in [2.75, 3.05) is 20.3 Å². The van der Waals surface area contributed by atoms with Crippen molar-refractivity contribution >= 4 is 53.3 Å². The second-order valence-corrected chi connectivity index (χ2v) is 9.59. The summed E-state index contributed by atoms with van der Waals surface area (Å²) in [4.78, 5) is 45.4. The molecule has 0 unspecified atom stereocenters. The van der Waals surface area contributed by atoms with Crippen LogP contribution in [0.3, 0.4) is 0 Å². The minimum atomic E-state index is -0.835. The Morgan fingerprint density at radius 3 is 2.30 bits per heavy atom. The molecule has 17 heteroatoms. The Balaban J connectivity index is 0.000000225. The topological polar surface area (TPSA) is 200 Å². The number of aromatic hydroxyl groups is 2. The van der Waals surface area contributed by atoms with Crippen LogP contribution in [0.4, 0.5) is 10.7 Å². The Morgan fingerprint density at radius 1 is 1.05 bits per heavy atom. The highest BCUT2D eigenvalue weighted by molar-refractivity contribution is 6.39. The molecule has 1 amide bonds. The second-order valence-electron chi connectivity index (χ2n) is 8.84. The molecule has 0 aliphatic carbocycles. The number of ether oxygens (including phenoxy) is 4. The normalized spacial score (nSPS) is 13.7. The summed E-state index contributed by atoms with van der Waals surface area (Å²) in [7, 11) is 1.17. The van der Waals surface area contributed by atoms with E-state index < -0.39 is 34.5 Å². The van der Waals surface area contributed by atoms with Gasteiger partial charge < -0.3 is 33.6 Å². The van der Waals surface area contributed by atoms with E-state index in [4.69, 9.17) is 41.8 Å². The number of phenolic OH excluding ortho intramolecular Hbond substituents is 2. The minimum Gasteiger partial charge on any atom is -0.507 e. The highest BCUT2D eigenvalue weighted by atomic mass is 35.5. The predicted octanol–water partition coefficient (Wildman–Crippen LogP) is 5.42. The molecule has 0 spiro atoms. The van der Waals surface area contributed by atoms with Crippen LogP contribution in [-0.4, -0.2) is 64.7 Å². The van der Waals surface area contributed by atoms with Gasteiger partial charge in [-0.25, -0.2) is 14.4 Å². The number of methoxy groups -OCH3 is 1. The lowest BCUT2D eigenvalue weighted by molar-refractivity contribution is -0.402. The van der Waals surface area contributed by atoms with E-state index >= 15 is 0 Å².